The first-order valence-corrected chi connectivity index (χ1v) is 4.09. The summed E-state index contributed by atoms with van der Waals surface area (Å²) in [6, 6.07) is 0. The van der Waals surface area contributed by atoms with Crippen LogP contribution in [0.25, 0.3) is 0 Å². The zero-order valence-electron chi connectivity index (χ0n) is 7.41. The largest absolute Gasteiger partial charge is 0.465 e. The van der Waals surface area contributed by atoms with E-state index in [-0.39, 0.29) is 19.7 Å². The van der Waals surface area contributed by atoms with Crippen LogP contribution in [0.3, 0.4) is 0 Å². The number of aliphatic hydroxyl groups is 2. The van der Waals surface area contributed by atoms with Crippen LogP contribution in [0, 0.1) is 0 Å². The highest BCUT2D eigenvalue weighted by atomic mass is 16.6. The van der Waals surface area contributed by atoms with Gasteiger partial charge in [0.15, 0.2) is 0 Å². The number of rotatable bonds is 4. The molecule has 4 unspecified atom stereocenters. The third-order valence-corrected chi connectivity index (χ3v) is 2.06. The molecule has 0 aromatic rings. The minimum Gasteiger partial charge on any atom is -0.465 e. The van der Waals surface area contributed by atoms with Gasteiger partial charge in [-0.1, -0.05) is 0 Å². The van der Waals surface area contributed by atoms with Gasteiger partial charge in [-0.05, 0) is 0 Å². The molecule has 0 amide bonds. The number of aliphatic hydroxyl groups excluding tert-OH is 2. The van der Waals surface area contributed by atoms with E-state index in [2.05, 4.69) is 9.39 Å². The summed E-state index contributed by atoms with van der Waals surface area (Å²) >= 11 is 0. The number of hydrogen-bond acceptors (Lipinski definition) is 6. The van der Waals surface area contributed by atoms with Crippen LogP contribution in [0.15, 0.2) is 0 Å². The Labute approximate surface area is 82.2 Å². The summed E-state index contributed by atoms with van der Waals surface area (Å²) in [5.41, 5.74) is 0. The smallest absolute Gasteiger partial charge is 0.293 e. The Kier molecular flexibility index (Phi) is 4.34. The number of ether oxygens (including phenoxy) is 2. The quantitative estimate of drug-likeness (QED) is 0.395. The van der Waals surface area contributed by atoms with Crippen LogP contribution in [0.5, 0.6) is 0 Å². The van der Waals surface area contributed by atoms with Crippen molar-refractivity contribution < 1.29 is 29.1 Å². The average molecular weight is 202 g/mol. The van der Waals surface area contributed by atoms with Crippen LogP contribution in [0.1, 0.15) is 0 Å². The molecule has 1 saturated heterocycles. The summed E-state index contributed by atoms with van der Waals surface area (Å²) in [7, 11) is 4.92. The molecule has 6 nitrogen and oxygen atoms in total. The Balaban J connectivity index is 2.52. The predicted octanol–water partition coefficient (Wildman–Crippen LogP) is -2.25. The summed E-state index contributed by atoms with van der Waals surface area (Å²) in [5, 5.41) is 18.6. The maximum atomic E-state index is 9.93. The van der Waals surface area contributed by atoms with Gasteiger partial charge in [0.1, 0.15) is 24.9 Å². The number of carbonyl (C=O) groups is 1. The molecule has 1 rings (SSSR count). The molecule has 1 aliphatic heterocycles. The van der Waals surface area contributed by atoms with Gasteiger partial charge in [-0.2, -0.15) is 0 Å². The Bertz CT molecular complexity index is 189. The number of carbonyl (C=O) groups excluding carboxylic acids is 1. The van der Waals surface area contributed by atoms with Crippen molar-refractivity contribution >= 4 is 14.5 Å². The molecule has 1 heterocycles. The van der Waals surface area contributed by atoms with Crippen molar-refractivity contribution in [2.45, 2.75) is 24.4 Å². The monoisotopic (exact) mass is 202 g/mol. The van der Waals surface area contributed by atoms with Gasteiger partial charge in [-0.25, -0.2) is 0 Å². The first kappa shape index (κ1) is 11.4. The normalized spacial score (nSPS) is 37.9. The van der Waals surface area contributed by atoms with Gasteiger partial charge in [0, 0.05) is 0 Å². The van der Waals surface area contributed by atoms with Crippen LogP contribution < -0.4 is 0 Å². The molecule has 1 fully saturated rings. The highest BCUT2D eigenvalue weighted by Crippen LogP contribution is 2.18. The summed E-state index contributed by atoms with van der Waals surface area (Å²) in [6.45, 7) is 0.136. The molecule has 4 atom stereocenters. The molecule has 0 bridgehead atoms. The second-order valence-electron chi connectivity index (χ2n) is 2.96. The lowest BCUT2D eigenvalue weighted by molar-refractivity contribution is -0.190. The van der Waals surface area contributed by atoms with Crippen LogP contribution in [-0.2, 0) is 18.9 Å². The lowest BCUT2D eigenvalue weighted by atomic mass is 10.00. The lowest BCUT2D eigenvalue weighted by Gasteiger charge is -2.37. The first-order chi connectivity index (χ1) is 6.70. The topological polar surface area (TPSA) is 85.2 Å². The third kappa shape index (κ3) is 2.45. The van der Waals surface area contributed by atoms with E-state index in [0.29, 0.717) is 0 Å². The predicted molar refractivity (Wildman–Crippen MR) is 44.4 cm³/mol. The molecule has 0 aliphatic carbocycles. The summed E-state index contributed by atoms with van der Waals surface area (Å²) in [5.74, 6) is 0. The Morgan fingerprint density at radius 3 is 2.86 bits per heavy atom. The van der Waals surface area contributed by atoms with Gasteiger partial charge in [-0.3, -0.25) is 4.79 Å². The molecular formula is C7H11BO6. The van der Waals surface area contributed by atoms with E-state index in [4.69, 9.17) is 12.8 Å². The molecule has 7 heteroatoms. The fourth-order valence-electron chi connectivity index (χ4n) is 1.30. The van der Waals surface area contributed by atoms with Crippen molar-refractivity contribution in [1.82, 2.24) is 0 Å². The van der Waals surface area contributed by atoms with Gasteiger partial charge in [0.2, 0.25) is 0 Å². The van der Waals surface area contributed by atoms with E-state index in [1.807, 2.05) is 0 Å². The Morgan fingerprint density at radius 2 is 2.29 bits per heavy atom. The zero-order chi connectivity index (χ0) is 10.6. The Morgan fingerprint density at radius 1 is 1.57 bits per heavy atom. The summed E-state index contributed by atoms with van der Waals surface area (Å²) in [6.07, 6.45) is -3.76. The zero-order valence-corrected chi connectivity index (χ0v) is 7.41. The maximum absolute atomic E-state index is 9.93. The van der Waals surface area contributed by atoms with Crippen LogP contribution in [0.2, 0.25) is 0 Å². The lowest BCUT2D eigenvalue weighted by Crippen LogP contribution is -2.55. The summed E-state index contributed by atoms with van der Waals surface area (Å²) in [4.78, 5) is 9.93. The molecule has 0 aromatic carbocycles. The third-order valence-electron chi connectivity index (χ3n) is 2.06. The summed E-state index contributed by atoms with van der Waals surface area (Å²) < 4.78 is 14.0. The van der Waals surface area contributed by atoms with Crippen LogP contribution >= 0.6 is 0 Å². The van der Waals surface area contributed by atoms with Crippen molar-refractivity contribution in [3.05, 3.63) is 0 Å². The van der Waals surface area contributed by atoms with Gasteiger partial charge in [0.25, 0.3) is 14.5 Å². The Hall–Kier alpha value is -0.625. The highest BCUT2D eigenvalue weighted by molar-refractivity contribution is 5.98. The molecule has 0 spiro atoms. The SMILES string of the molecule is [B]OC1C(COC=O)OCC(O)C1O. The van der Waals surface area contributed by atoms with E-state index < -0.39 is 24.4 Å². The molecule has 2 N–H and O–H groups in total. The van der Waals surface area contributed by atoms with Crippen molar-refractivity contribution in [2.24, 2.45) is 0 Å². The minimum atomic E-state index is -1.14. The maximum Gasteiger partial charge on any atom is 0.293 e. The van der Waals surface area contributed by atoms with E-state index in [0.717, 1.165) is 0 Å². The van der Waals surface area contributed by atoms with Crippen molar-refractivity contribution in [2.75, 3.05) is 13.2 Å². The van der Waals surface area contributed by atoms with Gasteiger partial charge in [-0.15, -0.1) is 0 Å². The molecule has 1 aliphatic rings. The van der Waals surface area contributed by atoms with E-state index >= 15 is 0 Å². The van der Waals surface area contributed by atoms with Crippen molar-refractivity contribution in [3.8, 4) is 0 Å². The van der Waals surface area contributed by atoms with Gasteiger partial charge in [0.05, 0.1) is 12.7 Å². The van der Waals surface area contributed by atoms with Gasteiger partial charge >= 0.3 is 0 Å². The van der Waals surface area contributed by atoms with E-state index in [1.165, 1.54) is 0 Å². The standard InChI is InChI=1S/C7H11BO6/c8-14-7-5(2-12-3-9)13-1-4(10)6(7)11/h3-7,10-11H,1-2H2. The molecule has 0 saturated carbocycles. The molecule has 14 heavy (non-hydrogen) atoms. The first-order valence-electron chi connectivity index (χ1n) is 4.09. The average Bonchev–Trinajstić information content (AvgIpc) is 2.20. The minimum absolute atomic E-state index is 0.0477. The highest BCUT2D eigenvalue weighted by Gasteiger charge is 2.38. The van der Waals surface area contributed by atoms with Crippen molar-refractivity contribution in [1.29, 1.82) is 0 Å². The van der Waals surface area contributed by atoms with Crippen molar-refractivity contribution in [3.63, 3.8) is 0 Å². The second kappa shape index (κ2) is 5.30. The van der Waals surface area contributed by atoms with Crippen LogP contribution in [0.4, 0.5) is 0 Å². The fraction of sp³-hybridized carbons (Fsp3) is 0.857. The molecule has 0 aromatic heterocycles. The van der Waals surface area contributed by atoms with E-state index in [9.17, 15) is 15.0 Å². The second-order valence-corrected chi connectivity index (χ2v) is 2.96. The fourth-order valence-corrected chi connectivity index (χ4v) is 1.30. The van der Waals surface area contributed by atoms with E-state index in [1.54, 1.807) is 0 Å². The molecular weight excluding hydrogens is 191 g/mol. The molecule has 78 valence electrons. The molecule has 2 radical (unpaired) electrons. The number of hydrogen-bond donors (Lipinski definition) is 2. The van der Waals surface area contributed by atoms with Crippen LogP contribution in [-0.4, -0.2) is 62.4 Å². The van der Waals surface area contributed by atoms with Gasteiger partial charge < -0.3 is 24.3 Å².